The highest BCUT2D eigenvalue weighted by atomic mass is 32.2. The summed E-state index contributed by atoms with van der Waals surface area (Å²) in [6, 6.07) is 4.49. The third kappa shape index (κ3) is 4.90. The zero-order valence-corrected chi connectivity index (χ0v) is 21.0. The van der Waals surface area contributed by atoms with Gasteiger partial charge in [-0.2, -0.15) is 17.6 Å². The lowest BCUT2D eigenvalue weighted by atomic mass is 9.77. The van der Waals surface area contributed by atoms with Crippen molar-refractivity contribution in [2.45, 2.75) is 49.6 Å². The smallest absolute Gasteiger partial charge is 0.417 e. The van der Waals surface area contributed by atoms with E-state index in [1.165, 1.54) is 45.5 Å². The monoisotopic (exact) mass is 535 g/mol. The van der Waals surface area contributed by atoms with E-state index in [4.69, 9.17) is 9.47 Å². The number of pyridine rings is 1. The highest BCUT2D eigenvalue weighted by Gasteiger charge is 2.65. The van der Waals surface area contributed by atoms with Crippen LogP contribution in [-0.4, -0.2) is 52.9 Å². The van der Waals surface area contributed by atoms with Crippen molar-refractivity contribution >= 4 is 21.3 Å². The number of hydrogen-bond donors (Lipinski definition) is 1. The number of halogens is 5. The summed E-state index contributed by atoms with van der Waals surface area (Å²) in [5, 5.41) is 2.52. The second-order valence-electron chi connectivity index (χ2n) is 8.53. The van der Waals surface area contributed by atoms with E-state index in [0.29, 0.717) is 0 Å². The van der Waals surface area contributed by atoms with Gasteiger partial charge in [-0.15, -0.1) is 0 Å². The Hall–Kier alpha value is -2.80. The number of carbonyl (C=O) groups excluding carboxylic acids is 1. The highest BCUT2D eigenvalue weighted by Crippen LogP contribution is 2.55. The number of amides is 1. The van der Waals surface area contributed by atoms with Crippen molar-refractivity contribution in [3.05, 3.63) is 47.7 Å². The summed E-state index contributed by atoms with van der Waals surface area (Å²) in [6.45, 7) is 3.43. The molecule has 1 aliphatic rings. The zero-order chi connectivity index (χ0) is 27.1. The standard InChI is InChI=1S/C23H26F5N3O4S/c1-6-34-19-14(7-8-15(24)18(19)25)17-12(2)22(3,23(26,27)28)35-20(17)21(32)31-13-9-10-30-16(11-13)36(5,33)29-4/h7-12,17,20H,6H2,1-5H3,(H,30,31,32)/t12-,17?,20?,22+,36+/m0/s1. The van der Waals surface area contributed by atoms with Gasteiger partial charge in [0, 0.05) is 42.6 Å². The Morgan fingerprint density at radius 1 is 1.31 bits per heavy atom. The van der Waals surface area contributed by atoms with Crippen LogP contribution < -0.4 is 10.1 Å². The highest BCUT2D eigenvalue weighted by molar-refractivity contribution is 7.92. The predicted octanol–water partition coefficient (Wildman–Crippen LogP) is 4.92. The minimum atomic E-state index is -4.88. The Labute approximate surface area is 205 Å². The van der Waals surface area contributed by atoms with E-state index in [1.807, 2.05) is 0 Å². The topological polar surface area (TPSA) is 89.9 Å². The fourth-order valence-corrected chi connectivity index (χ4v) is 4.91. The van der Waals surface area contributed by atoms with E-state index in [2.05, 4.69) is 14.7 Å². The van der Waals surface area contributed by atoms with Gasteiger partial charge in [-0.1, -0.05) is 13.0 Å². The molecule has 36 heavy (non-hydrogen) atoms. The summed E-state index contributed by atoms with van der Waals surface area (Å²) in [4.78, 5) is 17.3. The molecule has 1 fully saturated rings. The van der Waals surface area contributed by atoms with Gasteiger partial charge >= 0.3 is 6.18 Å². The SMILES string of the molecule is CCOc1c(C2C(C(=O)Nc3ccnc([S@@](C)(=O)=NC)c3)O[C@@](C)(C(F)(F)F)[C@H]2C)ccc(F)c1F. The van der Waals surface area contributed by atoms with Crippen LogP contribution in [0.25, 0.3) is 0 Å². The summed E-state index contributed by atoms with van der Waals surface area (Å²) in [7, 11) is -1.52. The van der Waals surface area contributed by atoms with Gasteiger partial charge in [0.25, 0.3) is 5.91 Å². The number of ether oxygens (including phenoxy) is 2. The largest absolute Gasteiger partial charge is 0.490 e. The second kappa shape index (κ2) is 9.92. The van der Waals surface area contributed by atoms with Gasteiger partial charge in [-0.25, -0.2) is 17.9 Å². The van der Waals surface area contributed by atoms with Crippen LogP contribution in [0.4, 0.5) is 27.6 Å². The first-order valence-electron chi connectivity index (χ1n) is 10.9. The lowest BCUT2D eigenvalue weighted by Crippen LogP contribution is -2.47. The van der Waals surface area contributed by atoms with Gasteiger partial charge in [0.2, 0.25) is 5.82 Å². The van der Waals surface area contributed by atoms with Gasteiger partial charge in [0.1, 0.15) is 11.1 Å². The molecule has 0 radical (unpaired) electrons. The third-order valence-corrected chi connectivity index (χ3v) is 8.09. The first kappa shape index (κ1) is 27.8. The summed E-state index contributed by atoms with van der Waals surface area (Å²) in [5.74, 6) is -6.92. The minimum Gasteiger partial charge on any atom is -0.490 e. The van der Waals surface area contributed by atoms with E-state index >= 15 is 0 Å². The van der Waals surface area contributed by atoms with Gasteiger partial charge in [0.15, 0.2) is 17.2 Å². The molecule has 0 spiro atoms. The van der Waals surface area contributed by atoms with Crippen LogP contribution in [-0.2, 0) is 19.3 Å². The van der Waals surface area contributed by atoms with Crippen molar-refractivity contribution in [1.29, 1.82) is 0 Å². The van der Waals surface area contributed by atoms with E-state index in [9.17, 15) is 31.0 Å². The van der Waals surface area contributed by atoms with Crippen molar-refractivity contribution < 1.29 is 40.4 Å². The first-order chi connectivity index (χ1) is 16.7. The predicted molar refractivity (Wildman–Crippen MR) is 122 cm³/mol. The zero-order valence-electron chi connectivity index (χ0n) is 20.2. The van der Waals surface area contributed by atoms with Crippen LogP contribution in [0.2, 0.25) is 0 Å². The van der Waals surface area contributed by atoms with Crippen molar-refractivity contribution in [3.63, 3.8) is 0 Å². The van der Waals surface area contributed by atoms with Crippen LogP contribution >= 0.6 is 0 Å². The Balaban J connectivity index is 2.09. The summed E-state index contributed by atoms with van der Waals surface area (Å²) in [6.07, 6.45) is -4.04. The maximum Gasteiger partial charge on any atom is 0.417 e. The van der Waals surface area contributed by atoms with Crippen LogP contribution in [0.3, 0.4) is 0 Å². The van der Waals surface area contributed by atoms with E-state index in [-0.39, 0.29) is 22.9 Å². The van der Waals surface area contributed by atoms with Crippen LogP contribution in [0.5, 0.6) is 5.75 Å². The van der Waals surface area contributed by atoms with E-state index in [1.54, 1.807) is 0 Å². The molecule has 0 aliphatic carbocycles. The number of alkyl halides is 3. The van der Waals surface area contributed by atoms with Crippen LogP contribution in [0.15, 0.2) is 39.9 Å². The average Bonchev–Trinajstić information content (AvgIpc) is 3.09. The van der Waals surface area contributed by atoms with Gasteiger partial charge in [-0.3, -0.25) is 4.79 Å². The fraction of sp³-hybridized carbons (Fsp3) is 0.478. The molecule has 1 aromatic heterocycles. The fourth-order valence-electron chi connectivity index (χ4n) is 4.12. The van der Waals surface area contributed by atoms with Gasteiger partial charge in [0.05, 0.1) is 16.3 Å². The molecule has 3 rings (SSSR count). The van der Waals surface area contributed by atoms with Crippen molar-refractivity contribution in [2.24, 2.45) is 10.3 Å². The minimum absolute atomic E-state index is 0.0550. The number of carbonyl (C=O) groups is 1. The molecule has 2 heterocycles. The van der Waals surface area contributed by atoms with Gasteiger partial charge in [-0.05, 0) is 32.0 Å². The molecule has 5 atom stereocenters. The molecule has 1 saturated heterocycles. The molecule has 1 aliphatic heterocycles. The normalized spacial score (nSPS) is 25.8. The Kier molecular flexibility index (Phi) is 7.66. The third-order valence-electron chi connectivity index (χ3n) is 6.39. The number of rotatable bonds is 6. The summed E-state index contributed by atoms with van der Waals surface area (Å²) < 4.78 is 97.7. The molecule has 198 valence electrons. The maximum atomic E-state index is 14.6. The molecule has 13 heteroatoms. The molecule has 1 N–H and O–H groups in total. The average molecular weight is 536 g/mol. The Morgan fingerprint density at radius 2 is 1.97 bits per heavy atom. The number of nitrogens with zero attached hydrogens (tertiary/aromatic N) is 2. The Bertz CT molecular complexity index is 1280. The number of nitrogens with one attached hydrogen (secondary N) is 1. The van der Waals surface area contributed by atoms with E-state index < -0.39 is 62.7 Å². The second-order valence-corrected chi connectivity index (χ2v) is 10.9. The van der Waals surface area contributed by atoms with Crippen molar-refractivity contribution in [2.75, 3.05) is 25.2 Å². The van der Waals surface area contributed by atoms with Crippen LogP contribution in [0.1, 0.15) is 32.3 Å². The lowest BCUT2D eigenvalue weighted by molar-refractivity contribution is -0.272. The molecule has 1 amide bonds. The molecule has 7 nitrogen and oxygen atoms in total. The van der Waals surface area contributed by atoms with Gasteiger partial charge < -0.3 is 14.8 Å². The van der Waals surface area contributed by atoms with Crippen LogP contribution in [0, 0.1) is 17.6 Å². The number of anilines is 1. The van der Waals surface area contributed by atoms with Crippen molar-refractivity contribution in [1.82, 2.24) is 4.98 Å². The molecule has 0 saturated carbocycles. The first-order valence-corrected chi connectivity index (χ1v) is 12.8. The van der Waals surface area contributed by atoms with Crippen molar-refractivity contribution in [3.8, 4) is 5.75 Å². The molecule has 0 bridgehead atoms. The quantitative estimate of drug-likeness (QED) is 0.531. The number of benzene rings is 1. The molecule has 1 aromatic carbocycles. The number of hydrogen-bond acceptors (Lipinski definition) is 6. The number of aromatic nitrogens is 1. The Morgan fingerprint density at radius 3 is 2.56 bits per heavy atom. The molecular weight excluding hydrogens is 509 g/mol. The molecular formula is C23H26F5N3O4S. The lowest BCUT2D eigenvalue weighted by Gasteiger charge is -2.32. The van der Waals surface area contributed by atoms with E-state index in [0.717, 1.165) is 19.1 Å². The summed E-state index contributed by atoms with van der Waals surface area (Å²) >= 11 is 0. The molecule has 2 aromatic rings. The summed E-state index contributed by atoms with van der Waals surface area (Å²) in [5.41, 5.74) is -2.82. The molecule has 2 unspecified atom stereocenters. The maximum absolute atomic E-state index is 14.6.